The van der Waals surface area contributed by atoms with Crippen LogP contribution in [0, 0.1) is 0 Å². The molecule has 0 saturated carbocycles. The number of nitrogens with zero attached hydrogens (tertiary/aromatic N) is 5. The van der Waals surface area contributed by atoms with Crippen LogP contribution in [-0.4, -0.2) is 78.5 Å². The lowest BCUT2D eigenvalue weighted by Crippen LogP contribution is -2.44. The summed E-state index contributed by atoms with van der Waals surface area (Å²) in [5.41, 5.74) is 2.58. The number of ether oxygens (including phenoxy) is 1. The van der Waals surface area contributed by atoms with E-state index in [-0.39, 0.29) is 12.1 Å². The molecule has 164 valence electrons. The van der Waals surface area contributed by atoms with Gasteiger partial charge in [-0.25, -0.2) is 14.3 Å². The maximum atomic E-state index is 12.0. The smallest absolute Gasteiger partial charge is 0.319 e. The lowest BCUT2D eigenvalue weighted by Gasteiger charge is -2.34. The number of morpholine rings is 1. The van der Waals surface area contributed by atoms with Crippen molar-refractivity contribution >= 4 is 23.1 Å². The molecule has 1 fully saturated rings. The van der Waals surface area contributed by atoms with Gasteiger partial charge in [-0.3, -0.25) is 0 Å². The van der Waals surface area contributed by atoms with Crippen LogP contribution in [0.3, 0.4) is 0 Å². The number of aromatic nitrogens is 3. The number of hydrogen-bond donors (Lipinski definition) is 2. The second-order valence-corrected chi connectivity index (χ2v) is 7.98. The summed E-state index contributed by atoms with van der Waals surface area (Å²) in [5, 5.41) is 10.4. The third kappa shape index (κ3) is 4.95. The molecule has 0 radical (unpaired) electrons. The molecule has 1 saturated heterocycles. The Balaban J connectivity index is 1.53. The molecule has 0 bridgehead atoms. The number of hydrogen-bond acceptors (Lipinski definition) is 6. The fraction of sp³-hybridized carbons (Fsp3) is 0.409. The van der Waals surface area contributed by atoms with Gasteiger partial charge in [0.15, 0.2) is 11.6 Å². The average molecular weight is 424 g/mol. The Kier molecular flexibility index (Phi) is 6.34. The highest BCUT2D eigenvalue weighted by Gasteiger charge is 2.23. The van der Waals surface area contributed by atoms with E-state index in [0.29, 0.717) is 25.6 Å². The topological polar surface area (TPSA) is 87.0 Å². The summed E-state index contributed by atoms with van der Waals surface area (Å²) in [5.74, 6) is 1.55. The third-order valence-corrected chi connectivity index (χ3v) is 5.26. The van der Waals surface area contributed by atoms with Gasteiger partial charge in [0.05, 0.1) is 19.3 Å². The molecule has 1 atom stereocenters. The first kappa shape index (κ1) is 21.1. The van der Waals surface area contributed by atoms with E-state index in [1.54, 1.807) is 0 Å². The Morgan fingerprint density at radius 3 is 2.81 bits per heavy atom. The molecule has 31 heavy (non-hydrogen) atoms. The minimum atomic E-state index is -0.219. The summed E-state index contributed by atoms with van der Waals surface area (Å²) in [6.45, 7) is 5.69. The first-order chi connectivity index (χ1) is 15.0. The highest BCUT2D eigenvalue weighted by molar-refractivity contribution is 5.89. The fourth-order valence-electron chi connectivity index (χ4n) is 3.56. The van der Waals surface area contributed by atoms with Gasteiger partial charge in [0.2, 0.25) is 0 Å². The van der Waals surface area contributed by atoms with Crippen molar-refractivity contribution in [1.29, 1.82) is 0 Å². The maximum absolute atomic E-state index is 12.0. The van der Waals surface area contributed by atoms with Gasteiger partial charge in [-0.2, -0.15) is 0 Å². The molecule has 2 aromatic heterocycles. The van der Waals surface area contributed by atoms with E-state index < -0.39 is 0 Å². The molecule has 1 aliphatic heterocycles. The Morgan fingerprint density at radius 1 is 1.26 bits per heavy atom. The highest BCUT2D eigenvalue weighted by Crippen LogP contribution is 2.27. The van der Waals surface area contributed by atoms with Crippen molar-refractivity contribution in [1.82, 2.24) is 24.8 Å². The number of carbonyl (C=O) groups is 1. The Bertz CT molecular complexity index is 1030. The van der Waals surface area contributed by atoms with E-state index in [9.17, 15) is 4.79 Å². The van der Waals surface area contributed by atoms with Crippen molar-refractivity contribution in [3.05, 3.63) is 42.6 Å². The van der Waals surface area contributed by atoms with Crippen LogP contribution in [0.15, 0.2) is 42.6 Å². The molecule has 0 spiro atoms. The predicted molar refractivity (Wildman–Crippen MR) is 122 cm³/mol. The normalized spacial score (nSPS) is 16.6. The second kappa shape index (κ2) is 9.32. The van der Waals surface area contributed by atoms with Crippen LogP contribution in [0.1, 0.15) is 6.92 Å². The van der Waals surface area contributed by atoms with Gasteiger partial charge in [0, 0.05) is 37.1 Å². The monoisotopic (exact) mass is 423 g/mol. The van der Waals surface area contributed by atoms with Gasteiger partial charge in [0.1, 0.15) is 5.52 Å². The summed E-state index contributed by atoms with van der Waals surface area (Å²) in [7, 11) is 3.94. The average Bonchev–Trinajstić information content (AvgIpc) is 3.22. The maximum Gasteiger partial charge on any atom is 0.319 e. The van der Waals surface area contributed by atoms with Gasteiger partial charge in [-0.1, -0.05) is 0 Å². The first-order valence-electron chi connectivity index (χ1n) is 10.5. The van der Waals surface area contributed by atoms with Crippen molar-refractivity contribution in [2.75, 3.05) is 57.2 Å². The van der Waals surface area contributed by atoms with Crippen LogP contribution in [0.5, 0.6) is 0 Å². The molecule has 2 N–H and O–H groups in total. The molecule has 1 aliphatic rings. The lowest BCUT2D eigenvalue weighted by molar-refractivity contribution is 0.0986. The number of fused-ring (bicyclic) bond motifs is 1. The van der Waals surface area contributed by atoms with Crippen molar-refractivity contribution < 1.29 is 9.53 Å². The summed E-state index contributed by atoms with van der Waals surface area (Å²) in [6.07, 6.45) is 1.93. The number of anilines is 2. The van der Waals surface area contributed by atoms with Gasteiger partial charge in [-0.15, -0.1) is 5.10 Å². The Hall–Kier alpha value is -3.17. The summed E-state index contributed by atoms with van der Waals surface area (Å²) >= 11 is 0. The van der Waals surface area contributed by atoms with Crippen LogP contribution in [0.2, 0.25) is 0 Å². The van der Waals surface area contributed by atoms with E-state index in [1.165, 1.54) is 0 Å². The largest absolute Gasteiger partial charge is 0.377 e. The number of rotatable bonds is 6. The zero-order valence-corrected chi connectivity index (χ0v) is 18.2. The van der Waals surface area contributed by atoms with Gasteiger partial charge >= 0.3 is 6.03 Å². The zero-order chi connectivity index (χ0) is 21.8. The van der Waals surface area contributed by atoms with Gasteiger partial charge in [0.25, 0.3) is 0 Å². The third-order valence-electron chi connectivity index (χ3n) is 5.26. The number of likely N-dealkylation sites (N-methyl/N-ethyl adjacent to an activating group) is 1. The van der Waals surface area contributed by atoms with Crippen LogP contribution >= 0.6 is 0 Å². The minimum absolute atomic E-state index is 0.219. The summed E-state index contributed by atoms with van der Waals surface area (Å²) in [6, 6.07) is 11.6. The number of carbonyl (C=O) groups excluding carboxylic acids is 1. The van der Waals surface area contributed by atoms with Gasteiger partial charge < -0.3 is 25.2 Å². The van der Waals surface area contributed by atoms with Crippen molar-refractivity contribution in [2.45, 2.75) is 13.0 Å². The van der Waals surface area contributed by atoms with Crippen LogP contribution < -0.4 is 15.5 Å². The molecule has 9 heteroatoms. The van der Waals surface area contributed by atoms with E-state index in [2.05, 4.69) is 27.6 Å². The number of nitrogens with one attached hydrogen (secondary N) is 2. The SMILES string of the molecule is C[C@@H]1COCCN1c1nc(-c2ccc(NC(=O)NCCN(C)C)cc2)nn2cccc12. The zero-order valence-electron chi connectivity index (χ0n) is 18.2. The van der Waals surface area contributed by atoms with Crippen LogP contribution in [0.25, 0.3) is 16.9 Å². The molecule has 0 unspecified atom stereocenters. The molecule has 2 amide bonds. The molecule has 1 aromatic carbocycles. The standard InChI is InChI=1S/C22H29N7O2/c1-16-15-31-14-13-28(16)21-19-5-4-11-29(19)26-20(25-21)17-6-8-18(9-7-17)24-22(30)23-10-12-27(2)3/h4-9,11,16H,10,12-15H2,1-3H3,(H2,23,24,30)/t16-/m1/s1. The lowest BCUT2D eigenvalue weighted by atomic mass is 10.2. The van der Waals surface area contributed by atoms with Crippen molar-refractivity contribution in [3.63, 3.8) is 0 Å². The molecule has 0 aliphatic carbocycles. The van der Waals surface area contributed by atoms with E-state index in [1.807, 2.05) is 66.1 Å². The van der Waals surface area contributed by atoms with Crippen LogP contribution in [-0.2, 0) is 4.74 Å². The molecule has 4 rings (SSSR count). The highest BCUT2D eigenvalue weighted by atomic mass is 16.5. The van der Waals surface area contributed by atoms with E-state index in [4.69, 9.17) is 9.72 Å². The van der Waals surface area contributed by atoms with E-state index in [0.717, 1.165) is 35.7 Å². The first-order valence-corrected chi connectivity index (χ1v) is 10.5. The quantitative estimate of drug-likeness (QED) is 0.633. The van der Waals surface area contributed by atoms with Crippen molar-refractivity contribution in [2.24, 2.45) is 0 Å². The van der Waals surface area contributed by atoms with Crippen LogP contribution in [0.4, 0.5) is 16.3 Å². The van der Waals surface area contributed by atoms with Crippen molar-refractivity contribution in [3.8, 4) is 11.4 Å². The number of amides is 2. The minimum Gasteiger partial charge on any atom is -0.377 e. The molecule has 3 heterocycles. The second-order valence-electron chi connectivity index (χ2n) is 7.98. The predicted octanol–water partition coefficient (Wildman–Crippen LogP) is 2.30. The van der Waals surface area contributed by atoms with E-state index >= 15 is 0 Å². The Labute approximate surface area is 182 Å². The van der Waals surface area contributed by atoms with Gasteiger partial charge in [-0.05, 0) is 57.4 Å². The summed E-state index contributed by atoms with van der Waals surface area (Å²) in [4.78, 5) is 21.2. The molecular formula is C22H29N7O2. The number of benzene rings is 1. The molecule has 9 nitrogen and oxygen atoms in total. The molecular weight excluding hydrogens is 394 g/mol. The summed E-state index contributed by atoms with van der Waals surface area (Å²) < 4.78 is 7.45. The fourth-order valence-corrected chi connectivity index (χ4v) is 3.56. The number of urea groups is 1. The Morgan fingerprint density at radius 2 is 2.06 bits per heavy atom. The molecule has 3 aromatic rings.